The van der Waals surface area contributed by atoms with Crippen molar-refractivity contribution in [2.45, 2.75) is 58.3 Å². The Hall–Kier alpha value is -1.11. The molecule has 0 radical (unpaired) electrons. The normalized spacial score (nSPS) is 21.2. The van der Waals surface area contributed by atoms with Gasteiger partial charge in [-0.2, -0.15) is 0 Å². The van der Waals surface area contributed by atoms with Gasteiger partial charge in [-0.15, -0.1) is 0 Å². The monoisotopic (exact) mass is 278 g/mol. The fourth-order valence-corrected chi connectivity index (χ4v) is 2.12. The van der Waals surface area contributed by atoms with Gasteiger partial charge in [0.25, 0.3) is 0 Å². The minimum atomic E-state index is -1.07. The lowest BCUT2D eigenvalue weighted by Crippen LogP contribution is -2.42. The topological polar surface area (TPSA) is 77.6 Å². The van der Waals surface area contributed by atoms with Gasteiger partial charge >= 0.3 is 7.12 Å². The molecular formula is C14H23BN2O3. The number of aliphatic hydroxyl groups is 1. The van der Waals surface area contributed by atoms with E-state index in [0.29, 0.717) is 16.8 Å². The molecule has 2 heterocycles. The molecule has 1 aromatic heterocycles. The number of aromatic nitrogens is 1. The minimum absolute atomic E-state index is 0.447. The minimum Gasteiger partial charge on any atom is -0.398 e. The maximum atomic E-state index is 10.3. The van der Waals surface area contributed by atoms with E-state index in [1.165, 1.54) is 0 Å². The Morgan fingerprint density at radius 1 is 1.20 bits per heavy atom. The van der Waals surface area contributed by atoms with E-state index < -0.39 is 23.9 Å². The Kier molecular flexibility index (Phi) is 3.40. The Bertz CT molecular complexity index is 508. The van der Waals surface area contributed by atoms with Gasteiger partial charge in [0.15, 0.2) is 0 Å². The van der Waals surface area contributed by atoms with Gasteiger partial charge in [0.2, 0.25) is 0 Å². The fraction of sp³-hybridized carbons (Fsp3) is 0.643. The van der Waals surface area contributed by atoms with E-state index in [-0.39, 0.29) is 0 Å². The molecule has 20 heavy (non-hydrogen) atoms. The molecular weight excluding hydrogens is 255 g/mol. The summed E-state index contributed by atoms with van der Waals surface area (Å²) >= 11 is 0. The Morgan fingerprint density at radius 3 is 2.15 bits per heavy atom. The van der Waals surface area contributed by atoms with Crippen molar-refractivity contribution in [2.24, 2.45) is 0 Å². The van der Waals surface area contributed by atoms with Crippen LogP contribution in [0.5, 0.6) is 0 Å². The Balaban J connectivity index is 2.46. The van der Waals surface area contributed by atoms with Crippen molar-refractivity contribution in [2.75, 3.05) is 5.73 Å². The molecule has 0 spiro atoms. The van der Waals surface area contributed by atoms with E-state index in [2.05, 4.69) is 4.98 Å². The molecule has 1 aliphatic rings. The van der Waals surface area contributed by atoms with Crippen LogP contribution in [0, 0.1) is 0 Å². The van der Waals surface area contributed by atoms with E-state index in [0.717, 1.165) is 0 Å². The van der Waals surface area contributed by atoms with E-state index in [9.17, 15) is 5.11 Å². The van der Waals surface area contributed by atoms with Crippen molar-refractivity contribution in [1.29, 1.82) is 0 Å². The summed E-state index contributed by atoms with van der Waals surface area (Å²) in [5, 5.41) is 10.3. The third kappa shape index (κ3) is 2.55. The standard InChI is InChI=1S/C14H23BN2O3/c1-12(2,18)10-7-9(16)8-17-11(10)15-19-13(3,4)14(5,6)20-15/h7-8,18H,16H2,1-6H3. The van der Waals surface area contributed by atoms with Gasteiger partial charge in [-0.25, -0.2) is 0 Å². The number of rotatable bonds is 2. The summed E-state index contributed by atoms with van der Waals surface area (Å²) in [6, 6.07) is 1.72. The second kappa shape index (κ2) is 4.45. The number of hydrogen-bond acceptors (Lipinski definition) is 5. The molecule has 1 fully saturated rings. The highest BCUT2D eigenvalue weighted by molar-refractivity contribution is 6.61. The predicted octanol–water partition coefficient (Wildman–Crippen LogP) is 1.19. The summed E-state index contributed by atoms with van der Waals surface area (Å²) < 4.78 is 12.0. The zero-order valence-electron chi connectivity index (χ0n) is 13.0. The number of nitrogen functional groups attached to an aromatic ring is 1. The number of nitrogens with two attached hydrogens (primary N) is 1. The van der Waals surface area contributed by atoms with Crippen LogP contribution < -0.4 is 11.3 Å². The number of anilines is 1. The number of hydrogen-bond donors (Lipinski definition) is 2. The van der Waals surface area contributed by atoms with Crippen LogP contribution in [0.15, 0.2) is 12.3 Å². The van der Waals surface area contributed by atoms with Crippen LogP contribution in [0.1, 0.15) is 47.1 Å². The third-order valence-corrected chi connectivity index (χ3v) is 4.08. The maximum absolute atomic E-state index is 10.3. The highest BCUT2D eigenvalue weighted by atomic mass is 16.7. The summed E-state index contributed by atoms with van der Waals surface area (Å²) in [6.45, 7) is 11.3. The molecule has 0 aromatic carbocycles. The van der Waals surface area contributed by atoms with Gasteiger partial charge < -0.3 is 20.1 Å². The molecule has 1 saturated heterocycles. The predicted molar refractivity (Wildman–Crippen MR) is 79.6 cm³/mol. The van der Waals surface area contributed by atoms with Gasteiger partial charge in [-0.05, 0) is 47.6 Å². The van der Waals surface area contributed by atoms with Crippen LogP contribution >= 0.6 is 0 Å². The van der Waals surface area contributed by atoms with E-state index >= 15 is 0 Å². The van der Waals surface area contributed by atoms with Gasteiger partial charge in [0.05, 0.1) is 28.1 Å². The lowest BCUT2D eigenvalue weighted by molar-refractivity contribution is 0.00578. The molecule has 5 nitrogen and oxygen atoms in total. The van der Waals surface area contributed by atoms with Crippen LogP contribution in [0.25, 0.3) is 0 Å². The second-order valence-electron chi connectivity index (χ2n) is 6.85. The summed E-state index contributed by atoms with van der Waals surface area (Å²) in [5.74, 6) is 0. The smallest absolute Gasteiger partial charge is 0.398 e. The molecule has 3 N–H and O–H groups in total. The highest BCUT2D eigenvalue weighted by Crippen LogP contribution is 2.37. The molecule has 0 saturated carbocycles. The first kappa shape index (κ1) is 15.3. The van der Waals surface area contributed by atoms with Gasteiger partial charge in [0, 0.05) is 11.8 Å². The summed E-state index contributed by atoms with van der Waals surface area (Å²) in [6.07, 6.45) is 1.55. The SMILES string of the molecule is CC(C)(O)c1cc(N)cnc1B1OC(C)(C)C(C)(C)O1. The lowest BCUT2D eigenvalue weighted by Gasteiger charge is -2.32. The Morgan fingerprint density at radius 2 is 1.70 bits per heavy atom. The first-order valence-electron chi connectivity index (χ1n) is 6.78. The fourth-order valence-electron chi connectivity index (χ4n) is 2.12. The van der Waals surface area contributed by atoms with Crippen LogP contribution in [0.4, 0.5) is 5.69 Å². The van der Waals surface area contributed by atoms with Crippen molar-refractivity contribution >= 4 is 18.4 Å². The van der Waals surface area contributed by atoms with Crippen LogP contribution in [0.3, 0.4) is 0 Å². The van der Waals surface area contributed by atoms with E-state index in [1.54, 1.807) is 26.1 Å². The van der Waals surface area contributed by atoms with Crippen molar-refractivity contribution < 1.29 is 14.4 Å². The van der Waals surface area contributed by atoms with Crippen molar-refractivity contribution in [3.63, 3.8) is 0 Å². The third-order valence-electron chi connectivity index (χ3n) is 4.08. The molecule has 2 rings (SSSR count). The molecule has 0 atom stereocenters. The van der Waals surface area contributed by atoms with Crippen LogP contribution in [-0.4, -0.2) is 28.4 Å². The molecule has 0 aliphatic carbocycles. The molecule has 0 unspecified atom stereocenters. The average molecular weight is 278 g/mol. The Labute approximate surface area is 120 Å². The summed E-state index contributed by atoms with van der Waals surface area (Å²) in [4.78, 5) is 4.32. The molecule has 6 heteroatoms. The lowest BCUT2D eigenvalue weighted by atomic mass is 9.77. The average Bonchev–Trinajstić information content (AvgIpc) is 2.46. The first-order chi connectivity index (χ1) is 8.94. The largest absolute Gasteiger partial charge is 0.514 e. The quantitative estimate of drug-likeness (QED) is 0.794. The highest BCUT2D eigenvalue weighted by Gasteiger charge is 2.53. The molecule has 110 valence electrons. The molecule has 0 bridgehead atoms. The molecule has 1 aromatic rings. The van der Waals surface area contributed by atoms with Gasteiger partial charge in [0.1, 0.15) is 0 Å². The van der Waals surface area contributed by atoms with Crippen molar-refractivity contribution in [3.05, 3.63) is 17.8 Å². The molecule has 0 amide bonds. The number of nitrogens with zero attached hydrogens (tertiary/aromatic N) is 1. The van der Waals surface area contributed by atoms with E-state index in [4.69, 9.17) is 15.0 Å². The first-order valence-corrected chi connectivity index (χ1v) is 6.78. The zero-order chi connectivity index (χ0) is 15.3. The molecule has 1 aliphatic heterocycles. The number of pyridine rings is 1. The second-order valence-corrected chi connectivity index (χ2v) is 6.85. The van der Waals surface area contributed by atoms with Gasteiger partial charge in [-0.1, -0.05) is 0 Å². The van der Waals surface area contributed by atoms with Crippen molar-refractivity contribution in [1.82, 2.24) is 4.98 Å². The maximum Gasteiger partial charge on any atom is 0.514 e. The summed E-state index contributed by atoms with van der Waals surface area (Å²) in [7, 11) is -0.609. The van der Waals surface area contributed by atoms with Crippen LogP contribution in [-0.2, 0) is 14.9 Å². The summed E-state index contributed by atoms with van der Waals surface area (Å²) in [5.41, 5.74) is 5.51. The van der Waals surface area contributed by atoms with Gasteiger partial charge in [-0.3, -0.25) is 4.98 Å². The zero-order valence-corrected chi connectivity index (χ0v) is 13.0. The van der Waals surface area contributed by atoms with E-state index in [1.807, 2.05) is 27.7 Å². The van der Waals surface area contributed by atoms with Crippen LogP contribution in [0.2, 0.25) is 0 Å². The van der Waals surface area contributed by atoms with Crippen molar-refractivity contribution in [3.8, 4) is 0 Å².